The Balaban J connectivity index is 1.50. The van der Waals surface area contributed by atoms with Crippen molar-refractivity contribution < 1.29 is 14.4 Å². The van der Waals surface area contributed by atoms with Crippen LogP contribution in [-0.2, 0) is 16.2 Å². The molecule has 0 aliphatic rings. The molecule has 0 saturated heterocycles. The van der Waals surface area contributed by atoms with Gasteiger partial charge < -0.3 is 9.40 Å². The topological polar surface area (TPSA) is 63.9 Å². The third kappa shape index (κ3) is 5.06. The van der Waals surface area contributed by atoms with E-state index >= 15 is 0 Å². The maximum Gasteiger partial charge on any atom is 0.356 e. The third-order valence-electron chi connectivity index (χ3n) is 7.38. The monoisotopic (exact) mass is 531 g/mol. The Labute approximate surface area is 234 Å². The van der Waals surface area contributed by atoms with E-state index in [1.54, 1.807) is 0 Å². The summed E-state index contributed by atoms with van der Waals surface area (Å²) < 4.78 is 2.24. The Morgan fingerprint density at radius 3 is 2.08 bits per heavy atom. The number of ketones is 1. The van der Waals surface area contributed by atoms with Crippen LogP contribution in [0, 0.1) is 6.92 Å². The second-order valence-corrected chi connectivity index (χ2v) is 10.2. The standard InChI is InChI=1S/C34H33N3O3/c1-6-37-30-18-16-25(23(3)35-40-34(39)32(36(4)5)24-13-8-7-9-14-24)20-28(30)29-21-26(17-19-31(29)37)33(38)27-15-11-10-12-22(27)2/h7-21,32H,6H2,1-5H3. The van der Waals surface area contributed by atoms with Crippen molar-refractivity contribution in [2.24, 2.45) is 5.16 Å². The number of carbonyl (C=O) groups excluding carboxylic acids is 2. The van der Waals surface area contributed by atoms with E-state index in [0.717, 1.165) is 45.0 Å². The summed E-state index contributed by atoms with van der Waals surface area (Å²) >= 11 is 0. The van der Waals surface area contributed by atoms with E-state index in [9.17, 15) is 9.59 Å². The molecule has 1 unspecified atom stereocenters. The minimum absolute atomic E-state index is 0.00655. The fraction of sp³-hybridized carbons (Fsp3) is 0.206. The summed E-state index contributed by atoms with van der Waals surface area (Å²) in [6, 6.07) is 28.6. The molecule has 0 saturated carbocycles. The Bertz CT molecular complexity index is 1750. The number of aromatic nitrogens is 1. The summed E-state index contributed by atoms with van der Waals surface area (Å²) in [6.45, 7) is 6.68. The zero-order valence-electron chi connectivity index (χ0n) is 23.5. The SMILES string of the molecule is CCn1c2ccc(C(=O)c3ccccc3C)cc2c2cc(C(C)=NOC(=O)C(c3ccccc3)N(C)C)ccc21. The largest absolute Gasteiger partial charge is 0.356 e. The van der Waals surface area contributed by atoms with Gasteiger partial charge in [0.05, 0.1) is 5.71 Å². The van der Waals surface area contributed by atoms with Crippen molar-refractivity contribution in [3.63, 3.8) is 0 Å². The van der Waals surface area contributed by atoms with Crippen molar-refractivity contribution in [2.45, 2.75) is 33.4 Å². The molecule has 1 atom stereocenters. The molecule has 0 fully saturated rings. The van der Waals surface area contributed by atoms with Gasteiger partial charge in [-0.3, -0.25) is 9.69 Å². The quantitative estimate of drug-likeness (QED) is 0.0943. The lowest BCUT2D eigenvalue weighted by Gasteiger charge is -2.21. The lowest BCUT2D eigenvalue weighted by Crippen LogP contribution is -2.28. The van der Waals surface area contributed by atoms with Gasteiger partial charge in [-0.05, 0) is 81.9 Å². The number of aryl methyl sites for hydroxylation is 2. The summed E-state index contributed by atoms with van der Waals surface area (Å²) in [7, 11) is 3.68. The van der Waals surface area contributed by atoms with Crippen molar-refractivity contribution in [3.8, 4) is 0 Å². The average Bonchev–Trinajstić information content (AvgIpc) is 3.28. The Morgan fingerprint density at radius 2 is 1.45 bits per heavy atom. The van der Waals surface area contributed by atoms with Gasteiger partial charge in [-0.25, -0.2) is 4.79 Å². The number of benzene rings is 4. The number of carbonyl (C=O) groups is 2. The second kappa shape index (κ2) is 11.3. The second-order valence-electron chi connectivity index (χ2n) is 10.2. The Morgan fingerprint density at radius 1 is 0.850 bits per heavy atom. The first-order valence-electron chi connectivity index (χ1n) is 13.4. The molecule has 6 heteroatoms. The zero-order valence-corrected chi connectivity index (χ0v) is 23.5. The van der Waals surface area contributed by atoms with Crippen LogP contribution in [0.1, 0.15) is 52.5 Å². The Kier molecular flexibility index (Phi) is 7.63. The van der Waals surface area contributed by atoms with Gasteiger partial charge in [0.25, 0.3) is 0 Å². The van der Waals surface area contributed by atoms with Gasteiger partial charge in [0.15, 0.2) is 5.78 Å². The van der Waals surface area contributed by atoms with Crippen LogP contribution in [0.2, 0.25) is 0 Å². The van der Waals surface area contributed by atoms with Crippen molar-refractivity contribution in [3.05, 3.63) is 119 Å². The van der Waals surface area contributed by atoms with Crippen LogP contribution in [0.25, 0.3) is 21.8 Å². The number of likely N-dealkylation sites (N-methyl/N-ethyl adjacent to an activating group) is 1. The first kappa shape index (κ1) is 27.0. The molecule has 40 heavy (non-hydrogen) atoms. The van der Waals surface area contributed by atoms with Crippen molar-refractivity contribution in [1.29, 1.82) is 0 Å². The highest BCUT2D eigenvalue weighted by Crippen LogP contribution is 2.32. The lowest BCUT2D eigenvalue weighted by molar-refractivity contribution is -0.149. The van der Waals surface area contributed by atoms with Gasteiger partial charge in [-0.2, -0.15) is 0 Å². The molecule has 0 aliphatic carbocycles. The van der Waals surface area contributed by atoms with Gasteiger partial charge in [-0.15, -0.1) is 0 Å². The highest BCUT2D eigenvalue weighted by Gasteiger charge is 2.25. The minimum atomic E-state index is -0.563. The van der Waals surface area contributed by atoms with E-state index in [1.807, 2.05) is 112 Å². The molecule has 5 rings (SSSR count). The maximum absolute atomic E-state index is 13.4. The molecule has 0 spiro atoms. The molecule has 202 valence electrons. The van der Waals surface area contributed by atoms with Gasteiger partial charge in [-0.1, -0.05) is 65.8 Å². The number of oxime groups is 1. The Hall–Kier alpha value is -4.55. The molecule has 1 aromatic heterocycles. The van der Waals surface area contributed by atoms with E-state index in [4.69, 9.17) is 4.84 Å². The first-order chi connectivity index (χ1) is 19.3. The van der Waals surface area contributed by atoms with Gasteiger partial charge >= 0.3 is 5.97 Å². The summed E-state index contributed by atoms with van der Waals surface area (Å²) in [5, 5.41) is 6.23. The van der Waals surface area contributed by atoms with Gasteiger partial charge in [0.1, 0.15) is 6.04 Å². The molecule has 1 heterocycles. The van der Waals surface area contributed by atoms with E-state index < -0.39 is 12.0 Å². The molecule has 0 amide bonds. The van der Waals surface area contributed by atoms with Crippen LogP contribution in [0.15, 0.2) is 96.2 Å². The molecule has 0 N–H and O–H groups in total. The van der Waals surface area contributed by atoms with E-state index in [1.165, 1.54) is 0 Å². The first-order valence-corrected chi connectivity index (χ1v) is 13.4. The smallest absolute Gasteiger partial charge is 0.341 e. The van der Waals surface area contributed by atoms with E-state index in [2.05, 4.69) is 28.8 Å². The van der Waals surface area contributed by atoms with Crippen LogP contribution in [0.3, 0.4) is 0 Å². The molecule has 6 nitrogen and oxygen atoms in total. The van der Waals surface area contributed by atoms with Crippen LogP contribution in [-0.4, -0.2) is 41.0 Å². The summed E-state index contributed by atoms with van der Waals surface area (Å²) in [5.41, 5.74) is 6.72. The normalized spacial score (nSPS) is 12.7. The van der Waals surface area contributed by atoms with E-state index in [0.29, 0.717) is 16.8 Å². The summed E-state index contributed by atoms with van der Waals surface area (Å²) in [6.07, 6.45) is 0. The third-order valence-corrected chi connectivity index (χ3v) is 7.38. The zero-order chi connectivity index (χ0) is 28.4. The van der Waals surface area contributed by atoms with Crippen molar-refractivity contribution in [2.75, 3.05) is 14.1 Å². The van der Waals surface area contributed by atoms with Crippen LogP contribution < -0.4 is 0 Å². The highest BCUT2D eigenvalue weighted by atomic mass is 16.7. The predicted molar refractivity (Wildman–Crippen MR) is 161 cm³/mol. The van der Waals surface area contributed by atoms with Crippen LogP contribution in [0.5, 0.6) is 0 Å². The number of fused-ring (bicyclic) bond motifs is 3. The molecule has 0 bridgehead atoms. The molecule has 5 aromatic rings. The van der Waals surface area contributed by atoms with Gasteiger partial charge in [0.2, 0.25) is 0 Å². The molecule has 0 radical (unpaired) electrons. The van der Waals surface area contributed by atoms with Gasteiger partial charge in [0, 0.05) is 39.5 Å². The summed E-state index contributed by atoms with van der Waals surface area (Å²) in [4.78, 5) is 33.6. The summed E-state index contributed by atoms with van der Waals surface area (Å²) in [5.74, 6) is -0.439. The predicted octanol–water partition coefficient (Wildman–Crippen LogP) is 6.92. The molecule has 4 aromatic carbocycles. The van der Waals surface area contributed by atoms with Crippen molar-refractivity contribution in [1.82, 2.24) is 9.47 Å². The average molecular weight is 532 g/mol. The van der Waals surface area contributed by atoms with Crippen molar-refractivity contribution >= 4 is 39.3 Å². The molecular weight excluding hydrogens is 498 g/mol. The number of hydrogen-bond acceptors (Lipinski definition) is 5. The lowest BCUT2D eigenvalue weighted by atomic mass is 9.97. The fourth-order valence-electron chi connectivity index (χ4n) is 5.29. The highest BCUT2D eigenvalue weighted by molar-refractivity contribution is 6.16. The fourth-order valence-corrected chi connectivity index (χ4v) is 5.29. The number of nitrogens with zero attached hydrogens (tertiary/aromatic N) is 3. The van der Waals surface area contributed by atoms with Crippen LogP contribution in [0.4, 0.5) is 0 Å². The number of rotatable bonds is 8. The van der Waals surface area contributed by atoms with Crippen LogP contribution >= 0.6 is 0 Å². The minimum Gasteiger partial charge on any atom is -0.341 e. The molecular formula is C34H33N3O3. The number of hydrogen-bond donors (Lipinski definition) is 0. The maximum atomic E-state index is 13.4. The van der Waals surface area contributed by atoms with E-state index in [-0.39, 0.29) is 5.78 Å². The molecule has 0 aliphatic heterocycles.